The van der Waals surface area contributed by atoms with Gasteiger partial charge in [0.1, 0.15) is 5.75 Å². The minimum Gasteiger partial charge on any atom is -0.507 e. The molecule has 134 valence electrons. The summed E-state index contributed by atoms with van der Waals surface area (Å²) in [6, 6.07) is 5.62. The maximum Gasteiger partial charge on any atom is 0.416 e. The molecule has 3 atom stereocenters. The Morgan fingerprint density at radius 3 is 2.44 bits per heavy atom. The van der Waals surface area contributed by atoms with E-state index in [-0.39, 0.29) is 24.3 Å². The first-order valence-electron chi connectivity index (χ1n) is 7.98. The maximum absolute atomic E-state index is 12.7. The molecule has 0 amide bonds. The second-order valence-corrected chi connectivity index (χ2v) is 6.57. The van der Waals surface area contributed by atoms with Crippen LogP contribution in [0.1, 0.15) is 42.5 Å². The number of alkyl halides is 3. The minimum absolute atomic E-state index is 0.0661. The summed E-state index contributed by atoms with van der Waals surface area (Å²) in [5, 5.41) is 24.4. The van der Waals surface area contributed by atoms with Crippen LogP contribution in [0.15, 0.2) is 42.7 Å². The van der Waals surface area contributed by atoms with Gasteiger partial charge in [-0.2, -0.15) is 13.2 Å². The standard InChI is InChI=1S/C18H19F3N2O2/c1-11-8-17(25,12-2-4-13(5-3-12)18(19,20)21)9-15(23-11)14-10-22-7-6-16(14)24/h2-7,10-11,15,23,25H,8-9H2,1H3,(H,22,24)/t11-,15-,17?/m0/s1. The summed E-state index contributed by atoms with van der Waals surface area (Å²) in [6.45, 7) is 1.88. The van der Waals surface area contributed by atoms with Crippen molar-refractivity contribution in [3.05, 3.63) is 59.4 Å². The van der Waals surface area contributed by atoms with E-state index in [1.165, 1.54) is 30.6 Å². The predicted octanol–water partition coefficient (Wildman–Crippen LogP) is 3.51. The van der Waals surface area contributed by atoms with Crippen LogP contribution < -0.4 is 5.32 Å². The summed E-state index contributed by atoms with van der Waals surface area (Å²) in [7, 11) is 0. The van der Waals surface area contributed by atoms with Gasteiger partial charge in [0.25, 0.3) is 0 Å². The molecule has 2 heterocycles. The van der Waals surface area contributed by atoms with Gasteiger partial charge in [-0.3, -0.25) is 4.98 Å². The number of hydrogen-bond donors (Lipinski definition) is 3. The first kappa shape index (κ1) is 17.7. The number of rotatable bonds is 2. The summed E-state index contributed by atoms with van der Waals surface area (Å²) in [4.78, 5) is 4.00. The molecule has 2 aromatic rings. The smallest absolute Gasteiger partial charge is 0.416 e. The Morgan fingerprint density at radius 2 is 1.84 bits per heavy atom. The fourth-order valence-corrected chi connectivity index (χ4v) is 3.46. The molecule has 1 aromatic heterocycles. The highest BCUT2D eigenvalue weighted by atomic mass is 19.4. The number of aromatic nitrogens is 1. The topological polar surface area (TPSA) is 65.4 Å². The van der Waals surface area contributed by atoms with Gasteiger partial charge in [0, 0.05) is 36.5 Å². The van der Waals surface area contributed by atoms with Gasteiger partial charge < -0.3 is 15.5 Å². The van der Waals surface area contributed by atoms with Crippen LogP contribution in [0.2, 0.25) is 0 Å². The van der Waals surface area contributed by atoms with Gasteiger partial charge in [0.15, 0.2) is 0 Å². The number of piperidine rings is 1. The molecule has 0 spiro atoms. The maximum atomic E-state index is 12.7. The largest absolute Gasteiger partial charge is 0.507 e. The first-order chi connectivity index (χ1) is 11.7. The van der Waals surface area contributed by atoms with Crippen molar-refractivity contribution < 1.29 is 23.4 Å². The third-order valence-corrected chi connectivity index (χ3v) is 4.62. The first-order valence-corrected chi connectivity index (χ1v) is 7.98. The summed E-state index contributed by atoms with van der Waals surface area (Å²) in [5.41, 5.74) is -1.05. The highest BCUT2D eigenvalue weighted by Gasteiger charge is 2.40. The van der Waals surface area contributed by atoms with E-state index in [0.717, 1.165) is 12.1 Å². The van der Waals surface area contributed by atoms with Crippen LogP contribution in [0.3, 0.4) is 0 Å². The Kier molecular flexibility index (Phi) is 4.47. The van der Waals surface area contributed by atoms with Gasteiger partial charge >= 0.3 is 6.18 Å². The molecule has 1 saturated heterocycles. The Balaban J connectivity index is 1.91. The average molecular weight is 352 g/mol. The number of aromatic hydroxyl groups is 1. The molecule has 1 aliphatic heterocycles. The van der Waals surface area contributed by atoms with Crippen molar-refractivity contribution in [3.8, 4) is 5.75 Å². The van der Waals surface area contributed by atoms with Crippen molar-refractivity contribution in [1.29, 1.82) is 0 Å². The Labute approximate surface area is 143 Å². The van der Waals surface area contributed by atoms with Gasteiger partial charge in [-0.05, 0) is 37.1 Å². The van der Waals surface area contributed by atoms with Crippen LogP contribution in [0.4, 0.5) is 13.2 Å². The van der Waals surface area contributed by atoms with Crippen LogP contribution in [-0.4, -0.2) is 21.2 Å². The number of aliphatic hydroxyl groups is 1. The molecule has 4 nitrogen and oxygen atoms in total. The van der Waals surface area contributed by atoms with Crippen LogP contribution in [0, 0.1) is 0 Å². The molecular formula is C18H19F3N2O2. The molecule has 0 radical (unpaired) electrons. The summed E-state index contributed by atoms with van der Waals surface area (Å²) >= 11 is 0. The second kappa shape index (κ2) is 6.31. The lowest BCUT2D eigenvalue weighted by Crippen LogP contribution is -2.46. The number of halogens is 3. The number of hydrogen-bond acceptors (Lipinski definition) is 4. The average Bonchev–Trinajstić information content (AvgIpc) is 2.54. The Morgan fingerprint density at radius 1 is 1.16 bits per heavy atom. The van der Waals surface area contributed by atoms with E-state index in [0.29, 0.717) is 17.5 Å². The predicted molar refractivity (Wildman–Crippen MR) is 85.8 cm³/mol. The number of pyridine rings is 1. The number of nitrogens with zero attached hydrogens (tertiary/aromatic N) is 1. The molecule has 0 saturated carbocycles. The molecule has 25 heavy (non-hydrogen) atoms. The fraction of sp³-hybridized carbons (Fsp3) is 0.389. The van der Waals surface area contributed by atoms with Crippen LogP contribution in [0.25, 0.3) is 0 Å². The number of nitrogens with one attached hydrogen (secondary N) is 1. The van der Waals surface area contributed by atoms with Crippen LogP contribution >= 0.6 is 0 Å². The lowest BCUT2D eigenvalue weighted by atomic mass is 9.77. The molecule has 0 bridgehead atoms. The Hall–Kier alpha value is -2.12. The van der Waals surface area contributed by atoms with Crippen molar-refractivity contribution in [2.75, 3.05) is 0 Å². The molecular weight excluding hydrogens is 333 g/mol. The van der Waals surface area contributed by atoms with E-state index in [1.54, 1.807) is 0 Å². The highest BCUT2D eigenvalue weighted by molar-refractivity contribution is 5.35. The van der Waals surface area contributed by atoms with Gasteiger partial charge in [-0.15, -0.1) is 0 Å². The molecule has 1 aromatic carbocycles. The molecule has 1 fully saturated rings. The molecule has 3 N–H and O–H groups in total. The molecule has 1 aliphatic rings. The molecule has 0 aliphatic carbocycles. The summed E-state index contributed by atoms with van der Waals surface area (Å²) in [5.74, 6) is 0.0661. The van der Waals surface area contributed by atoms with Gasteiger partial charge in [-0.25, -0.2) is 0 Å². The zero-order valence-corrected chi connectivity index (χ0v) is 13.6. The SMILES string of the molecule is C[C@H]1CC(O)(c2ccc(C(F)(F)F)cc2)C[C@@H](c2cnccc2O)N1. The Bertz CT molecular complexity index is 749. The van der Waals surface area contributed by atoms with Crippen LogP contribution in [-0.2, 0) is 11.8 Å². The van der Waals surface area contributed by atoms with E-state index < -0.39 is 17.3 Å². The molecule has 1 unspecified atom stereocenters. The third-order valence-electron chi connectivity index (χ3n) is 4.62. The second-order valence-electron chi connectivity index (χ2n) is 6.57. The van der Waals surface area contributed by atoms with Crippen molar-refractivity contribution in [1.82, 2.24) is 10.3 Å². The quantitative estimate of drug-likeness (QED) is 0.774. The van der Waals surface area contributed by atoms with Crippen molar-refractivity contribution in [2.24, 2.45) is 0 Å². The zero-order valence-electron chi connectivity index (χ0n) is 13.6. The van der Waals surface area contributed by atoms with Crippen molar-refractivity contribution in [3.63, 3.8) is 0 Å². The lowest BCUT2D eigenvalue weighted by molar-refractivity contribution is -0.137. The highest BCUT2D eigenvalue weighted by Crippen LogP contribution is 2.42. The van der Waals surface area contributed by atoms with Gasteiger partial charge in [0.05, 0.1) is 11.2 Å². The molecule has 3 rings (SSSR count). The third kappa shape index (κ3) is 3.62. The normalized spacial score (nSPS) is 27.2. The van der Waals surface area contributed by atoms with E-state index in [1.807, 2.05) is 6.92 Å². The fourth-order valence-electron chi connectivity index (χ4n) is 3.46. The van der Waals surface area contributed by atoms with Crippen LogP contribution in [0.5, 0.6) is 5.75 Å². The molecule has 7 heteroatoms. The zero-order chi connectivity index (χ0) is 18.2. The summed E-state index contributed by atoms with van der Waals surface area (Å²) in [6.07, 6.45) is -0.838. The van der Waals surface area contributed by atoms with E-state index in [9.17, 15) is 23.4 Å². The van der Waals surface area contributed by atoms with E-state index in [4.69, 9.17) is 0 Å². The lowest BCUT2D eigenvalue weighted by Gasteiger charge is -2.41. The van der Waals surface area contributed by atoms with Crippen molar-refractivity contribution in [2.45, 2.75) is 43.6 Å². The van der Waals surface area contributed by atoms with E-state index in [2.05, 4.69) is 10.3 Å². The van der Waals surface area contributed by atoms with E-state index >= 15 is 0 Å². The minimum atomic E-state index is -4.41. The van der Waals surface area contributed by atoms with Gasteiger partial charge in [-0.1, -0.05) is 12.1 Å². The van der Waals surface area contributed by atoms with Gasteiger partial charge in [0.2, 0.25) is 0 Å². The van der Waals surface area contributed by atoms with Crippen molar-refractivity contribution >= 4 is 0 Å². The monoisotopic (exact) mass is 352 g/mol. The number of benzene rings is 1. The summed E-state index contributed by atoms with van der Waals surface area (Å²) < 4.78 is 38.2.